The summed E-state index contributed by atoms with van der Waals surface area (Å²) < 4.78 is 5.80. The van der Waals surface area contributed by atoms with E-state index >= 15 is 0 Å². The van der Waals surface area contributed by atoms with Gasteiger partial charge in [-0.05, 0) is 44.9 Å². The average molecular weight is 752 g/mol. The number of rotatable bonds is 37. The second kappa shape index (κ2) is 41.2. The minimum Gasteiger partial charge on any atom is -0.461 e. The van der Waals surface area contributed by atoms with Gasteiger partial charge in [0.05, 0.1) is 25.2 Å². The van der Waals surface area contributed by atoms with E-state index in [0.717, 1.165) is 57.8 Å². The van der Waals surface area contributed by atoms with Crippen molar-refractivity contribution < 1.29 is 24.5 Å². The van der Waals surface area contributed by atoms with Crippen LogP contribution in [-0.2, 0) is 14.3 Å². The van der Waals surface area contributed by atoms with Crippen molar-refractivity contribution in [3.63, 3.8) is 0 Å². The number of esters is 1. The molecule has 0 aliphatic rings. The quantitative estimate of drug-likeness (QED) is 0.0334. The largest absolute Gasteiger partial charge is 0.461 e. The lowest BCUT2D eigenvalue weighted by Crippen LogP contribution is -2.46. The molecule has 0 saturated carbocycles. The number of ether oxygens (including phenoxy) is 1. The van der Waals surface area contributed by atoms with Gasteiger partial charge in [0, 0.05) is 12.8 Å². The maximum absolute atomic E-state index is 13.1. The first kappa shape index (κ1) is 51.0. The van der Waals surface area contributed by atoms with E-state index in [2.05, 4.69) is 56.5 Å². The third-order valence-electron chi connectivity index (χ3n) is 9.37. The third-order valence-corrected chi connectivity index (χ3v) is 9.37. The molecule has 0 rings (SSSR count). The Labute approximate surface area is 332 Å². The van der Waals surface area contributed by atoms with Gasteiger partial charge >= 0.3 is 5.97 Å². The molecule has 1 amide bonds. The molecule has 308 valence electrons. The van der Waals surface area contributed by atoms with Crippen molar-refractivity contribution in [2.24, 2.45) is 0 Å². The maximum Gasteiger partial charge on any atom is 0.306 e. The zero-order chi connectivity index (χ0) is 39.6. The molecule has 0 aliphatic heterocycles. The van der Waals surface area contributed by atoms with Crippen LogP contribution in [0.3, 0.4) is 0 Å². The average Bonchev–Trinajstić information content (AvgIpc) is 3.16. The van der Waals surface area contributed by atoms with E-state index < -0.39 is 18.2 Å². The fourth-order valence-corrected chi connectivity index (χ4v) is 6.03. The van der Waals surface area contributed by atoms with Crippen molar-refractivity contribution in [3.05, 3.63) is 85.1 Å². The van der Waals surface area contributed by atoms with Crippen LogP contribution >= 0.6 is 0 Å². The summed E-state index contributed by atoms with van der Waals surface area (Å²) in [4.78, 5) is 25.9. The minimum absolute atomic E-state index is 0.0277. The molecule has 0 aromatic rings. The first-order chi connectivity index (χ1) is 26.5. The summed E-state index contributed by atoms with van der Waals surface area (Å²) in [5.41, 5.74) is 0. The lowest BCUT2D eigenvalue weighted by Gasteiger charge is -2.24. The van der Waals surface area contributed by atoms with Gasteiger partial charge in [-0.15, -0.1) is 0 Å². The molecular weight excluding hydrogens is 671 g/mol. The van der Waals surface area contributed by atoms with Crippen LogP contribution in [0.5, 0.6) is 0 Å². The van der Waals surface area contributed by atoms with Gasteiger partial charge < -0.3 is 20.3 Å². The summed E-state index contributed by atoms with van der Waals surface area (Å²) in [6.45, 7) is 6.21. The molecule has 0 bridgehead atoms. The van der Waals surface area contributed by atoms with Gasteiger partial charge in [0.25, 0.3) is 0 Å². The van der Waals surface area contributed by atoms with Gasteiger partial charge in [-0.1, -0.05) is 202 Å². The molecule has 0 heterocycles. The van der Waals surface area contributed by atoms with Gasteiger partial charge in [0.1, 0.15) is 6.10 Å². The van der Waals surface area contributed by atoms with Gasteiger partial charge in [0.15, 0.2) is 0 Å². The SMILES string of the molecule is CC/C=C/C=C/C=C\C=C/C=C/CC(CC(=O)NC(CO)C(O)CCCCCCCCCCC)OC(=O)CCCCCCCC/C=C/C=C/CCCCC. The second-order valence-electron chi connectivity index (χ2n) is 14.5. The van der Waals surface area contributed by atoms with E-state index in [1.165, 1.54) is 77.0 Å². The molecule has 54 heavy (non-hydrogen) atoms. The highest BCUT2D eigenvalue weighted by Crippen LogP contribution is 2.15. The van der Waals surface area contributed by atoms with Crippen molar-refractivity contribution in [1.82, 2.24) is 5.32 Å². The summed E-state index contributed by atoms with van der Waals surface area (Å²) in [6, 6.07) is -0.743. The predicted molar refractivity (Wildman–Crippen MR) is 231 cm³/mol. The number of aliphatic hydroxyl groups is 2. The highest BCUT2D eigenvalue weighted by atomic mass is 16.5. The fraction of sp³-hybridized carbons (Fsp3) is 0.667. The number of amides is 1. The molecule has 0 radical (unpaired) electrons. The van der Waals surface area contributed by atoms with E-state index in [0.29, 0.717) is 19.3 Å². The van der Waals surface area contributed by atoms with Gasteiger partial charge in [-0.25, -0.2) is 0 Å². The Bertz CT molecular complexity index is 1070. The first-order valence-electron chi connectivity index (χ1n) is 21.9. The van der Waals surface area contributed by atoms with Crippen LogP contribution in [0.15, 0.2) is 85.1 Å². The van der Waals surface area contributed by atoms with Gasteiger partial charge in [-0.3, -0.25) is 9.59 Å². The number of unbranched alkanes of at least 4 members (excludes halogenated alkanes) is 17. The van der Waals surface area contributed by atoms with Crippen LogP contribution in [0.2, 0.25) is 0 Å². The summed E-state index contributed by atoms with van der Waals surface area (Å²) in [5, 5.41) is 23.5. The summed E-state index contributed by atoms with van der Waals surface area (Å²) in [6.07, 6.45) is 52.4. The first-order valence-corrected chi connectivity index (χ1v) is 21.9. The van der Waals surface area contributed by atoms with Crippen LogP contribution in [0.25, 0.3) is 0 Å². The molecule has 3 atom stereocenters. The molecule has 6 heteroatoms. The van der Waals surface area contributed by atoms with Crippen LogP contribution < -0.4 is 5.32 Å². The van der Waals surface area contributed by atoms with E-state index in [-0.39, 0.29) is 24.9 Å². The standard InChI is InChI=1S/C48H81NO5/c1-4-7-10-13-16-19-21-22-23-24-26-29-32-35-38-41-48(53)54-44(39-36-33-30-28-25-20-17-14-11-8-5-2)42-47(52)49-45(43-50)46(51)40-37-34-31-27-18-15-12-9-6-3/h8,11,14,16-17,19-22,25,28,30,33,36,44-46,50-51H,4-7,9-10,12-13,15,18,23-24,26-27,29,31-32,34-35,37-43H2,1-3H3,(H,49,52)/b11-8+,17-14+,19-16+,22-21+,25-20-,30-28-,36-33+. The van der Waals surface area contributed by atoms with Crippen molar-refractivity contribution in [1.29, 1.82) is 0 Å². The van der Waals surface area contributed by atoms with Crippen LogP contribution in [-0.4, -0.2) is 46.9 Å². The van der Waals surface area contributed by atoms with E-state index in [1.54, 1.807) is 0 Å². The molecule has 0 aromatic heterocycles. The summed E-state index contributed by atoms with van der Waals surface area (Å²) in [7, 11) is 0. The normalized spacial score (nSPS) is 14.2. The topological polar surface area (TPSA) is 95.9 Å². The number of aliphatic hydroxyl groups excluding tert-OH is 2. The maximum atomic E-state index is 13.1. The Morgan fingerprint density at radius 3 is 1.61 bits per heavy atom. The number of nitrogens with one attached hydrogen (secondary N) is 1. The zero-order valence-corrected chi connectivity index (χ0v) is 34.8. The van der Waals surface area contributed by atoms with Crippen LogP contribution in [0.4, 0.5) is 0 Å². The molecular formula is C48H81NO5. The number of carbonyl (C=O) groups excluding carboxylic acids is 2. The highest BCUT2D eigenvalue weighted by molar-refractivity contribution is 5.77. The molecule has 6 nitrogen and oxygen atoms in total. The fourth-order valence-electron chi connectivity index (χ4n) is 6.03. The Balaban J connectivity index is 4.77. The predicted octanol–water partition coefficient (Wildman–Crippen LogP) is 12.4. The minimum atomic E-state index is -0.821. The summed E-state index contributed by atoms with van der Waals surface area (Å²) in [5.74, 6) is -0.632. The number of allylic oxidation sites excluding steroid dienone is 13. The molecule has 0 aromatic carbocycles. The van der Waals surface area contributed by atoms with E-state index in [4.69, 9.17) is 4.74 Å². The number of hydrogen-bond acceptors (Lipinski definition) is 5. The van der Waals surface area contributed by atoms with Crippen LogP contribution in [0.1, 0.15) is 181 Å². The highest BCUT2D eigenvalue weighted by Gasteiger charge is 2.23. The second-order valence-corrected chi connectivity index (χ2v) is 14.5. The Morgan fingerprint density at radius 2 is 1.04 bits per heavy atom. The number of carbonyl (C=O) groups is 2. The zero-order valence-electron chi connectivity index (χ0n) is 34.8. The lowest BCUT2D eigenvalue weighted by molar-refractivity contribution is -0.150. The van der Waals surface area contributed by atoms with Gasteiger partial charge in [0.2, 0.25) is 5.91 Å². The van der Waals surface area contributed by atoms with Crippen molar-refractivity contribution >= 4 is 11.9 Å². The molecule has 0 fully saturated rings. The van der Waals surface area contributed by atoms with Crippen molar-refractivity contribution in [3.8, 4) is 0 Å². The monoisotopic (exact) mass is 752 g/mol. The molecule has 3 unspecified atom stereocenters. The van der Waals surface area contributed by atoms with Crippen LogP contribution in [0, 0.1) is 0 Å². The molecule has 0 spiro atoms. The molecule has 3 N–H and O–H groups in total. The third kappa shape index (κ3) is 36.0. The van der Waals surface area contributed by atoms with E-state index in [9.17, 15) is 19.8 Å². The molecule has 0 saturated heterocycles. The Kier molecular flexibility index (Phi) is 38.9. The van der Waals surface area contributed by atoms with Crippen molar-refractivity contribution in [2.45, 2.75) is 200 Å². The lowest BCUT2D eigenvalue weighted by atomic mass is 10.0. The molecule has 0 aliphatic carbocycles. The Hall–Kier alpha value is -2.96. The van der Waals surface area contributed by atoms with E-state index in [1.807, 2.05) is 54.7 Å². The number of hydrogen-bond donors (Lipinski definition) is 3. The smallest absolute Gasteiger partial charge is 0.306 e. The van der Waals surface area contributed by atoms with Crippen molar-refractivity contribution in [2.75, 3.05) is 6.61 Å². The summed E-state index contributed by atoms with van der Waals surface area (Å²) >= 11 is 0. The van der Waals surface area contributed by atoms with Gasteiger partial charge in [-0.2, -0.15) is 0 Å². The Morgan fingerprint density at radius 1 is 0.574 bits per heavy atom.